The Kier molecular flexibility index (Phi) is 11.7. The molecule has 0 amide bonds. The molecule has 2 aromatic carbocycles. The molecule has 0 saturated carbocycles. The molecule has 1 atom stereocenters. The van der Waals surface area contributed by atoms with Gasteiger partial charge in [0.2, 0.25) is 10.0 Å². The predicted octanol–water partition coefficient (Wildman–Crippen LogP) is 3.92. The van der Waals surface area contributed by atoms with Crippen LogP contribution in [0.5, 0.6) is 0 Å². The first-order chi connectivity index (χ1) is 18.6. The number of rotatable bonds is 11. The van der Waals surface area contributed by atoms with Gasteiger partial charge in [0, 0.05) is 6.04 Å². The van der Waals surface area contributed by atoms with E-state index in [0.29, 0.717) is 18.7 Å². The first-order valence-corrected chi connectivity index (χ1v) is 13.3. The largest absolute Gasteiger partial charge is 0.490 e. The first-order valence-electron chi connectivity index (χ1n) is 11.8. The van der Waals surface area contributed by atoms with Gasteiger partial charge in [-0.3, -0.25) is 0 Å². The van der Waals surface area contributed by atoms with Crippen molar-refractivity contribution < 1.29 is 45.4 Å². The van der Waals surface area contributed by atoms with Crippen LogP contribution < -0.4 is 10.0 Å². The Bertz CT molecular complexity index is 1380. The Labute approximate surface area is 229 Å². The highest BCUT2D eigenvalue weighted by Gasteiger charge is 2.38. The second-order valence-electron chi connectivity index (χ2n) is 9.10. The molecule has 40 heavy (non-hydrogen) atoms. The number of hydrogen-bond acceptors (Lipinski definition) is 7. The topological polar surface area (TPSA) is 132 Å². The highest BCUT2D eigenvalue weighted by molar-refractivity contribution is 7.89. The number of hydrogen-bond donors (Lipinski definition) is 4. The number of benzene rings is 2. The molecular weight excluding hydrogens is 558 g/mol. The quantitative estimate of drug-likeness (QED) is 0.248. The number of carboxylic acids is 1. The minimum Gasteiger partial charge on any atom is -0.475 e. The van der Waals surface area contributed by atoms with Crippen molar-refractivity contribution >= 4 is 21.7 Å². The summed E-state index contributed by atoms with van der Waals surface area (Å²) in [5.74, 6) is -2.01. The second-order valence-corrected chi connectivity index (χ2v) is 10.8. The fourth-order valence-electron chi connectivity index (χ4n) is 3.46. The minimum atomic E-state index is -5.08. The van der Waals surface area contributed by atoms with Crippen molar-refractivity contribution in [3.05, 3.63) is 83.1 Å². The molecule has 0 fully saturated rings. The number of sulfonamides is 1. The molecule has 0 aliphatic heterocycles. The van der Waals surface area contributed by atoms with Crippen molar-refractivity contribution in [1.82, 2.24) is 9.62 Å². The highest BCUT2D eigenvalue weighted by Crippen LogP contribution is 2.21. The van der Waals surface area contributed by atoms with Crippen LogP contribution in [0.15, 0.2) is 63.9 Å². The van der Waals surface area contributed by atoms with Gasteiger partial charge < -0.3 is 24.8 Å². The average molecular weight is 590 g/mol. The van der Waals surface area contributed by atoms with Gasteiger partial charge in [0.15, 0.2) is 0 Å². The normalized spacial score (nSPS) is 12.5. The van der Waals surface area contributed by atoms with Crippen LogP contribution in [0.4, 0.5) is 23.2 Å². The molecule has 14 heteroatoms. The molecule has 1 heterocycles. The summed E-state index contributed by atoms with van der Waals surface area (Å²) < 4.78 is 80.1. The van der Waals surface area contributed by atoms with Crippen LogP contribution in [0.1, 0.15) is 22.6 Å². The number of halogens is 4. The molecule has 3 aromatic rings. The molecule has 0 bridgehead atoms. The summed E-state index contributed by atoms with van der Waals surface area (Å²) in [6.07, 6.45) is -4.77. The Morgan fingerprint density at radius 3 is 2.27 bits per heavy atom. The number of carbonyl (C=O) groups is 1. The van der Waals surface area contributed by atoms with Gasteiger partial charge >= 0.3 is 12.1 Å². The molecular formula is C26H31F4N3O6S. The molecule has 3 rings (SSSR count). The van der Waals surface area contributed by atoms with E-state index >= 15 is 0 Å². The van der Waals surface area contributed by atoms with Gasteiger partial charge in [-0.05, 0) is 63.3 Å². The summed E-state index contributed by atoms with van der Waals surface area (Å²) in [5.41, 5.74) is 2.10. The van der Waals surface area contributed by atoms with Crippen molar-refractivity contribution in [3.8, 4) is 0 Å². The van der Waals surface area contributed by atoms with E-state index in [1.165, 1.54) is 12.1 Å². The van der Waals surface area contributed by atoms with E-state index in [0.717, 1.165) is 23.0 Å². The zero-order valence-corrected chi connectivity index (χ0v) is 22.8. The molecule has 0 aliphatic carbocycles. The van der Waals surface area contributed by atoms with Crippen LogP contribution >= 0.6 is 0 Å². The molecule has 9 nitrogen and oxygen atoms in total. The smallest absolute Gasteiger partial charge is 0.475 e. The fraction of sp³-hybridized carbons (Fsp3) is 0.346. The molecule has 4 N–H and O–H groups in total. The Morgan fingerprint density at radius 2 is 1.73 bits per heavy atom. The van der Waals surface area contributed by atoms with Crippen molar-refractivity contribution in [2.24, 2.45) is 0 Å². The number of nitrogens with zero attached hydrogens (tertiary/aromatic N) is 1. The summed E-state index contributed by atoms with van der Waals surface area (Å²) in [4.78, 5) is 10.7. The molecule has 1 unspecified atom stereocenters. The molecule has 0 aliphatic rings. The Balaban J connectivity index is 0.000000708. The van der Waals surface area contributed by atoms with Crippen molar-refractivity contribution in [2.75, 3.05) is 26.0 Å². The molecule has 1 aromatic heterocycles. The van der Waals surface area contributed by atoms with Crippen LogP contribution in [-0.4, -0.2) is 62.4 Å². The third kappa shape index (κ3) is 10.6. The number of alkyl halides is 3. The zero-order chi connectivity index (χ0) is 30.1. The number of aryl methyl sites for hydroxylation is 1. The summed E-state index contributed by atoms with van der Waals surface area (Å²) in [6, 6.07) is 14.2. The van der Waals surface area contributed by atoms with E-state index in [1.807, 2.05) is 62.3 Å². The van der Waals surface area contributed by atoms with Crippen LogP contribution in [0.3, 0.4) is 0 Å². The Morgan fingerprint density at radius 1 is 1.07 bits per heavy atom. The van der Waals surface area contributed by atoms with E-state index < -0.39 is 34.0 Å². The molecule has 0 spiro atoms. The van der Waals surface area contributed by atoms with Crippen molar-refractivity contribution in [2.45, 2.75) is 43.5 Å². The number of carboxylic acid groups (broad SMARTS) is 1. The maximum absolute atomic E-state index is 14.6. The van der Waals surface area contributed by atoms with Gasteiger partial charge in [0.05, 0.1) is 30.3 Å². The lowest BCUT2D eigenvalue weighted by molar-refractivity contribution is -0.192. The van der Waals surface area contributed by atoms with Crippen LogP contribution in [0.25, 0.3) is 0 Å². The maximum atomic E-state index is 14.6. The summed E-state index contributed by atoms with van der Waals surface area (Å²) in [6.45, 7) is 2.48. The molecule has 220 valence electrons. The van der Waals surface area contributed by atoms with Gasteiger partial charge in [-0.25, -0.2) is 22.3 Å². The number of aliphatic hydroxyl groups is 1. The van der Waals surface area contributed by atoms with Crippen LogP contribution in [-0.2, 0) is 34.3 Å². The molecule has 0 saturated heterocycles. The highest BCUT2D eigenvalue weighted by atomic mass is 32.2. The third-order valence-corrected chi connectivity index (χ3v) is 6.76. The fourth-order valence-corrected chi connectivity index (χ4v) is 4.70. The van der Waals surface area contributed by atoms with E-state index in [2.05, 4.69) is 10.0 Å². The van der Waals surface area contributed by atoms with E-state index in [4.69, 9.17) is 14.3 Å². The Hall–Kier alpha value is -3.46. The first kappa shape index (κ1) is 32.8. The van der Waals surface area contributed by atoms with E-state index in [9.17, 15) is 31.1 Å². The van der Waals surface area contributed by atoms with Gasteiger partial charge in [-0.1, -0.05) is 29.8 Å². The summed E-state index contributed by atoms with van der Waals surface area (Å²) in [7, 11) is -0.145. The number of furan rings is 1. The van der Waals surface area contributed by atoms with Crippen LogP contribution in [0, 0.1) is 12.7 Å². The zero-order valence-electron chi connectivity index (χ0n) is 22.0. The average Bonchev–Trinajstić information content (AvgIpc) is 3.29. The maximum Gasteiger partial charge on any atom is 0.490 e. The molecule has 0 radical (unpaired) electrons. The second kappa shape index (κ2) is 14.3. The van der Waals surface area contributed by atoms with Gasteiger partial charge in [-0.15, -0.1) is 0 Å². The van der Waals surface area contributed by atoms with Gasteiger partial charge in [0.1, 0.15) is 17.3 Å². The van der Waals surface area contributed by atoms with E-state index in [-0.39, 0.29) is 23.7 Å². The summed E-state index contributed by atoms with van der Waals surface area (Å²) >= 11 is 0. The number of anilines is 1. The van der Waals surface area contributed by atoms with Gasteiger partial charge in [-0.2, -0.15) is 13.2 Å². The monoisotopic (exact) mass is 589 g/mol. The number of aliphatic hydroxyl groups excluding tert-OH is 1. The lowest BCUT2D eigenvalue weighted by Gasteiger charge is -2.17. The lowest BCUT2D eigenvalue weighted by atomic mass is 10.1. The van der Waals surface area contributed by atoms with Crippen LogP contribution in [0.2, 0.25) is 0 Å². The van der Waals surface area contributed by atoms with Crippen molar-refractivity contribution in [3.63, 3.8) is 0 Å². The third-order valence-electron chi connectivity index (χ3n) is 5.24. The summed E-state index contributed by atoms with van der Waals surface area (Å²) in [5, 5.41) is 19.7. The van der Waals surface area contributed by atoms with Gasteiger partial charge in [0.25, 0.3) is 0 Å². The number of aliphatic carboxylic acids is 1. The SMILES string of the molecule is Cc1cccc(CC(CO)NS(=O)(=O)c2ccc(NCc3ccc(CN(C)C)o3)c(F)c2)c1.O=C(O)C(F)(F)F. The lowest BCUT2D eigenvalue weighted by Crippen LogP contribution is -2.39. The standard InChI is InChI=1S/C24H30FN3O4S.C2HF3O2/c1-17-5-4-6-18(11-17)12-19(16-29)27-33(30,31)22-9-10-24(23(25)13-22)26-14-20-7-8-21(32-20)15-28(2)3;3-2(4,5)1(6)7/h4-11,13,19,26-27,29H,12,14-16H2,1-3H3;(H,6,7). The minimum absolute atomic E-state index is 0.165. The number of nitrogens with one attached hydrogen (secondary N) is 2. The van der Waals surface area contributed by atoms with E-state index in [1.54, 1.807) is 0 Å². The van der Waals surface area contributed by atoms with Crippen molar-refractivity contribution in [1.29, 1.82) is 0 Å². The predicted molar refractivity (Wildman–Crippen MR) is 140 cm³/mol.